The average Bonchev–Trinajstić information content (AvgIpc) is 2.47. The number of hydrogen-bond acceptors (Lipinski definition) is 3. The second kappa shape index (κ2) is 3.51. The molecule has 1 saturated heterocycles. The van der Waals surface area contributed by atoms with E-state index < -0.39 is 5.60 Å². The maximum absolute atomic E-state index is 11.4. The minimum atomic E-state index is -1.09. The van der Waals surface area contributed by atoms with E-state index in [-0.39, 0.29) is 19.2 Å². The molecule has 13 heavy (non-hydrogen) atoms. The molecule has 0 radical (unpaired) electrons. The van der Waals surface area contributed by atoms with Gasteiger partial charge in [-0.2, -0.15) is 0 Å². The van der Waals surface area contributed by atoms with Gasteiger partial charge in [-0.25, -0.2) is 4.79 Å². The molecule has 1 aliphatic rings. The van der Waals surface area contributed by atoms with E-state index in [0.717, 1.165) is 0 Å². The van der Waals surface area contributed by atoms with Crippen molar-refractivity contribution in [2.24, 2.45) is 0 Å². The van der Waals surface area contributed by atoms with Crippen LogP contribution in [0.15, 0.2) is 0 Å². The maximum atomic E-state index is 11.4. The van der Waals surface area contributed by atoms with E-state index in [4.69, 9.17) is 5.11 Å². The molecule has 2 amide bonds. The molecule has 2 N–H and O–H groups in total. The highest BCUT2D eigenvalue weighted by atomic mass is 16.3. The first-order valence-electron chi connectivity index (χ1n) is 4.28. The van der Waals surface area contributed by atoms with E-state index in [1.165, 1.54) is 9.80 Å². The number of amides is 2. The number of hydrogen-bond donors (Lipinski definition) is 2. The highest BCUT2D eigenvalue weighted by Crippen LogP contribution is 2.20. The first-order chi connectivity index (χ1) is 5.98. The molecule has 76 valence electrons. The number of aliphatic hydroxyl groups excluding tert-OH is 1. The van der Waals surface area contributed by atoms with Crippen LogP contribution in [0.3, 0.4) is 0 Å². The molecular weight excluding hydrogens is 172 g/mol. The second-order valence-corrected chi connectivity index (χ2v) is 3.73. The quantitative estimate of drug-likeness (QED) is 0.560. The summed E-state index contributed by atoms with van der Waals surface area (Å²) in [4.78, 5) is 14.4. The minimum Gasteiger partial charge on any atom is -0.393 e. The van der Waals surface area contributed by atoms with Crippen LogP contribution < -0.4 is 0 Å². The van der Waals surface area contributed by atoms with Crippen molar-refractivity contribution < 1.29 is 15.0 Å². The summed E-state index contributed by atoms with van der Waals surface area (Å²) in [5.41, 5.74) is -1.09. The minimum absolute atomic E-state index is 0.121. The molecule has 0 aromatic heterocycles. The Labute approximate surface area is 77.6 Å². The van der Waals surface area contributed by atoms with Gasteiger partial charge in [0.25, 0.3) is 0 Å². The molecule has 0 bridgehead atoms. The van der Waals surface area contributed by atoms with E-state index in [2.05, 4.69) is 0 Å². The van der Waals surface area contributed by atoms with Crippen LogP contribution in [0.25, 0.3) is 0 Å². The third-order valence-corrected chi connectivity index (χ3v) is 2.28. The number of rotatable bonds is 1. The van der Waals surface area contributed by atoms with Crippen molar-refractivity contribution in [3.8, 4) is 0 Å². The average molecular weight is 188 g/mol. The molecule has 1 rings (SSSR count). The SMILES string of the molecule is CN(C)C(=O)N1CCC(O)(CO)C1. The van der Waals surface area contributed by atoms with Gasteiger partial charge >= 0.3 is 6.03 Å². The lowest BCUT2D eigenvalue weighted by Gasteiger charge is -2.23. The van der Waals surface area contributed by atoms with Crippen molar-refractivity contribution in [1.29, 1.82) is 0 Å². The van der Waals surface area contributed by atoms with Crippen molar-refractivity contribution in [3.05, 3.63) is 0 Å². The molecule has 0 spiro atoms. The molecule has 1 unspecified atom stereocenters. The molecular formula is C8H16N2O3. The lowest BCUT2D eigenvalue weighted by Crippen LogP contribution is -2.42. The number of urea groups is 1. The Morgan fingerprint density at radius 1 is 1.62 bits per heavy atom. The summed E-state index contributed by atoms with van der Waals surface area (Å²) in [7, 11) is 3.33. The Morgan fingerprint density at radius 2 is 2.23 bits per heavy atom. The second-order valence-electron chi connectivity index (χ2n) is 3.73. The summed E-state index contributed by atoms with van der Waals surface area (Å²) in [5, 5.41) is 18.5. The third kappa shape index (κ3) is 2.10. The lowest BCUT2D eigenvalue weighted by atomic mass is 10.1. The fraction of sp³-hybridized carbons (Fsp3) is 0.875. The molecule has 0 aromatic carbocycles. The molecule has 0 aliphatic carbocycles. The highest BCUT2D eigenvalue weighted by molar-refractivity contribution is 5.74. The molecule has 1 heterocycles. The summed E-state index contributed by atoms with van der Waals surface area (Å²) >= 11 is 0. The summed E-state index contributed by atoms with van der Waals surface area (Å²) < 4.78 is 0. The normalized spacial score (nSPS) is 27.8. The van der Waals surface area contributed by atoms with Gasteiger partial charge in [0.05, 0.1) is 13.2 Å². The Bertz CT molecular complexity index is 208. The van der Waals surface area contributed by atoms with E-state index in [1.807, 2.05) is 0 Å². The molecule has 0 saturated carbocycles. The van der Waals surface area contributed by atoms with Gasteiger partial charge in [-0.3, -0.25) is 0 Å². The smallest absolute Gasteiger partial charge is 0.319 e. The van der Waals surface area contributed by atoms with E-state index in [1.54, 1.807) is 14.1 Å². The predicted molar refractivity (Wildman–Crippen MR) is 47.3 cm³/mol. The van der Waals surface area contributed by atoms with Gasteiger partial charge in [0, 0.05) is 20.6 Å². The van der Waals surface area contributed by atoms with Crippen molar-refractivity contribution >= 4 is 6.03 Å². The predicted octanol–water partition coefficient (Wildman–Crippen LogP) is -0.903. The van der Waals surface area contributed by atoms with Crippen LogP contribution in [0.1, 0.15) is 6.42 Å². The molecule has 0 aromatic rings. The third-order valence-electron chi connectivity index (χ3n) is 2.28. The van der Waals surface area contributed by atoms with E-state index >= 15 is 0 Å². The first-order valence-corrected chi connectivity index (χ1v) is 4.28. The van der Waals surface area contributed by atoms with E-state index in [0.29, 0.717) is 13.0 Å². The zero-order valence-electron chi connectivity index (χ0n) is 8.03. The van der Waals surface area contributed by atoms with Crippen LogP contribution in [0.4, 0.5) is 4.79 Å². The number of carbonyl (C=O) groups excluding carboxylic acids is 1. The monoisotopic (exact) mass is 188 g/mol. The fourth-order valence-corrected chi connectivity index (χ4v) is 1.43. The Morgan fingerprint density at radius 3 is 2.62 bits per heavy atom. The standard InChI is InChI=1S/C8H16N2O3/c1-9(2)7(12)10-4-3-8(13,5-10)6-11/h11,13H,3-6H2,1-2H3. The number of aliphatic hydroxyl groups is 2. The summed E-state index contributed by atoms with van der Waals surface area (Å²) in [5.74, 6) is 0. The molecule has 1 aliphatic heterocycles. The number of nitrogens with zero attached hydrogens (tertiary/aromatic N) is 2. The number of carbonyl (C=O) groups is 1. The van der Waals surface area contributed by atoms with Crippen molar-refractivity contribution in [3.63, 3.8) is 0 Å². The molecule has 5 nitrogen and oxygen atoms in total. The van der Waals surface area contributed by atoms with Gasteiger partial charge in [0.2, 0.25) is 0 Å². The topological polar surface area (TPSA) is 64.0 Å². The zero-order chi connectivity index (χ0) is 10.1. The summed E-state index contributed by atoms with van der Waals surface area (Å²) in [6.45, 7) is 0.443. The fourth-order valence-electron chi connectivity index (χ4n) is 1.43. The van der Waals surface area contributed by atoms with Crippen LogP contribution in [0, 0.1) is 0 Å². The van der Waals surface area contributed by atoms with Gasteiger partial charge in [-0.05, 0) is 6.42 Å². The highest BCUT2D eigenvalue weighted by Gasteiger charge is 2.37. The van der Waals surface area contributed by atoms with Crippen molar-refractivity contribution in [2.75, 3.05) is 33.8 Å². The van der Waals surface area contributed by atoms with Crippen LogP contribution in [0.2, 0.25) is 0 Å². The van der Waals surface area contributed by atoms with Crippen LogP contribution in [-0.2, 0) is 0 Å². The Kier molecular flexibility index (Phi) is 2.77. The largest absolute Gasteiger partial charge is 0.393 e. The summed E-state index contributed by atoms with van der Waals surface area (Å²) in [6, 6.07) is -0.121. The molecule has 1 fully saturated rings. The molecule has 1 atom stereocenters. The number of β-amino-alcohol motifs (C(OH)–C–C–N with tert-alkyl or cyclic N) is 1. The van der Waals surface area contributed by atoms with E-state index in [9.17, 15) is 9.90 Å². The van der Waals surface area contributed by atoms with Gasteiger partial charge in [-0.15, -0.1) is 0 Å². The van der Waals surface area contributed by atoms with Gasteiger partial charge in [0.15, 0.2) is 0 Å². The Balaban J connectivity index is 2.55. The Hall–Kier alpha value is -0.810. The maximum Gasteiger partial charge on any atom is 0.319 e. The van der Waals surface area contributed by atoms with Gasteiger partial charge < -0.3 is 20.0 Å². The van der Waals surface area contributed by atoms with Crippen molar-refractivity contribution in [2.45, 2.75) is 12.0 Å². The van der Waals surface area contributed by atoms with Gasteiger partial charge in [-0.1, -0.05) is 0 Å². The van der Waals surface area contributed by atoms with Crippen molar-refractivity contribution in [1.82, 2.24) is 9.80 Å². The first kappa shape index (κ1) is 10.3. The van der Waals surface area contributed by atoms with Crippen LogP contribution >= 0.6 is 0 Å². The number of likely N-dealkylation sites (tertiary alicyclic amines) is 1. The zero-order valence-corrected chi connectivity index (χ0v) is 8.03. The van der Waals surface area contributed by atoms with Crippen LogP contribution in [-0.4, -0.2) is 65.4 Å². The van der Waals surface area contributed by atoms with Gasteiger partial charge in [0.1, 0.15) is 5.60 Å². The molecule has 5 heteroatoms. The lowest BCUT2D eigenvalue weighted by molar-refractivity contribution is -0.00343. The van der Waals surface area contributed by atoms with Crippen LogP contribution in [0.5, 0.6) is 0 Å². The summed E-state index contributed by atoms with van der Waals surface area (Å²) in [6.07, 6.45) is 0.448.